The van der Waals surface area contributed by atoms with Gasteiger partial charge in [-0.1, -0.05) is 23.9 Å². The highest BCUT2D eigenvalue weighted by Crippen LogP contribution is 2.21. The number of aryl methyl sites for hydroxylation is 2. The minimum Gasteiger partial charge on any atom is -0.293 e. The Labute approximate surface area is 142 Å². The standard InChI is InChI=1S/C17H16N2O2S2/c1-10-4-5-12(8-11(10)2)14(20)9-23-17-18-15-13(6-7-22-15)16(21)19(17)3/h4-8H,9H2,1-3H3. The average Bonchev–Trinajstić information content (AvgIpc) is 3.00. The average molecular weight is 344 g/mol. The van der Waals surface area contributed by atoms with Gasteiger partial charge < -0.3 is 0 Å². The van der Waals surface area contributed by atoms with Gasteiger partial charge in [0, 0.05) is 12.6 Å². The normalized spacial score (nSPS) is 11.1. The predicted octanol–water partition coefficient (Wildman–Crippen LogP) is 3.59. The quantitative estimate of drug-likeness (QED) is 0.412. The number of Topliss-reactive ketones (excluding diaryl/α,β-unsaturated/α-hetero) is 1. The van der Waals surface area contributed by atoms with Crippen molar-refractivity contribution in [1.82, 2.24) is 9.55 Å². The number of thioether (sulfide) groups is 1. The van der Waals surface area contributed by atoms with Crippen molar-refractivity contribution < 1.29 is 4.79 Å². The smallest absolute Gasteiger partial charge is 0.262 e. The minimum absolute atomic E-state index is 0.0404. The number of hydrogen-bond donors (Lipinski definition) is 0. The lowest BCUT2D eigenvalue weighted by atomic mass is 10.0. The Hall–Kier alpha value is -1.92. The molecule has 2 aromatic heterocycles. The number of thiophene rings is 1. The van der Waals surface area contributed by atoms with E-state index < -0.39 is 0 Å². The Morgan fingerprint density at radius 3 is 2.78 bits per heavy atom. The van der Waals surface area contributed by atoms with E-state index in [1.807, 2.05) is 37.4 Å². The molecule has 0 aliphatic heterocycles. The van der Waals surface area contributed by atoms with Gasteiger partial charge in [-0.05, 0) is 42.5 Å². The van der Waals surface area contributed by atoms with Crippen LogP contribution in [-0.2, 0) is 7.05 Å². The summed E-state index contributed by atoms with van der Waals surface area (Å²) in [6.45, 7) is 4.02. The van der Waals surface area contributed by atoms with E-state index in [2.05, 4.69) is 4.98 Å². The van der Waals surface area contributed by atoms with E-state index >= 15 is 0 Å². The molecule has 0 amide bonds. The Balaban J connectivity index is 1.82. The van der Waals surface area contributed by atoms with Gasteiger partial charge in [-0.15, -0.1) is 11.3 Å². The van der Waals surface area contributed by atoms with Crippen molar-refractivity contribution in [3.05, 3.63) is 56.7 Å². The van der Waals surface area contributed by atoms with E-state index in [1.165, 1.54) is 33.2 Å². The number of benzene rings is 1. The van der Waals surface area contributed by atoms with Crippen LogP contribution in [-0.4, -0.2) is 21.1 Å². The molecule has 0 saturated heterocycles. The van der Waals surface area contributed by atoms with Crippen LogP contribution in [0.1, 0.15) is 21.5 Å². The maximum Gasteiger partial charge on any atom is 0.262 e. The van der Waals surface area contributed by atoms with Crippen molar-refractivity contribution >= 4 is 39.1 Å². The summed E-state index contributed by atoms with van der Waals surface area (Å²) in [6, 6.07) is 7.50. The molecule has 23 heavy (non-hydrogen) atoms. The molecule has 118 valence electrons. The third-order valence-corrected chi connectivity index (χ3v) is 5.66. The van der Waals surface area contributed by atoms with Crippen molar-refractivity contribution in [3.8, 4) is 0 Å². The molecule has 3 rings (SSSR count). The molecule has 1 aromatic carbocycles. The zero-order valence-corrected chi connectivity index (χ0v) is 14.8. The molecule has 0 radical (unpaired) electrons. The summed E-state index contributed by atoms with van der Waals surface area (Å²) < 4.78 is 1.51. The second kappa shape index (κ2) is 6.29. The van der Waals surface area contributed by atoms with E-state index in [9.17, 15) is 9.59 Å². The zero-order chi connectivity index (χ0) is 16.6. The number of nitrogens with zero attached hydrogens (tertiary/aromatic N) is 2. The molecule has 0 N–H and O–H groups in total. The van der Waals surface area contributed by atoms with Crippen LogP contribution in [0.4, 0.5) is 0 Å². The Bertz CT molecular complexity index is 957. The first-order chi connectivity index (χ1) is 11.0. The van der Waals surface area contributed by atoms with E-state index in [-0.39, 0.29) is 17.1 Å². The topological polar surface area (TPSA) is 52.0 Å². The highest BCUT2D eigenvalue weighted by molar-refractivity contribution is 7.99. The Kier molecular flexibility index (Phi) is 4.37. The molecular weight excluding hydrogens is 328 g/mol. The first kappa shape index (κ1) is 16.0. The molecule has 0 atom stereocenters. The molecule has 2 heterocycles. The largest absolute Gasteiger partial charge is 0.293 e. The summed E-state index contributed by atoms with van der Waals surface area (Å²) in [5.41, 5.74) is 2.90. The van der Waals surface area contributed by atoms with Crippen LogP contribution >= 0.6 is 23.1 Å². The number of ketones is 1. The van der Waals surface area contributed by atoms with Crippen molar-refractivity contribution in [2.75, 3.05) is 5.75 Å². The number of carbonyl (C=O) groups excluding carboxylic acids is 1. The van der Waals surface area contributed by atoms with E-state index in [0.717, 1.165) is 5.56 Å². The molecule has 0 aliphatic carbocycles. The van der Waals surface area contributed by atoms with Crippen LogP contribution in [0.3, 0.4) is 0 Å². The molecule has 0 spiro atoms. The highest BCUT2D eigenvalue weighted by Gasteiger charge is 2.13. The summed E-state index contributed by atoms with van der Waals surface area (Å²) in [5, 5.41) is 3.05. The van der Waals surface area contributed by atoms with Crippen molar-refractivity contribution in [1.29, 1.82) is 0 Å². The van der Waals surface area contributed by atoms with Gasteiger partial charge in [0.25, 0.3) is 5.56 Å². The summed E-state index contributed by atoms with van der Waals surface area (Å²) in [6.07, 6.45) is 0. The number of rotatable bonds is 4. The van der Waals surface area contributed by atoms with Gasteiger partial charge in [0.2, 0.25) is 0 Å². The van der Waals surface area contributed by atoms with Gasteiger partial charge in [0.15, 0.2) is 10.9 Å². The molecule has 0 bridgehead atoms. The summed E-state index contributed by atoms with van der Waals surface area (Å²) in [4.78, 5) is 29.8. The molecule has 3 aromatic rings. The van der Waals surface area contributed by atoms with Gasteiger partial charge in [-0.3, -0.25) is 14.2 Å². The van der Waals surface area contributed by atoms with E-state index in [0.29, 0.717) is 20.9 Å². The Morgan fingerprint density at radius 2 is 2.04 bits per heavy atom. The van der Waals surface area contributed by atoms with Crippen LogP contribution < -0.4 is 5.56 Å². The van der Waals surface area contributed by atoms with Crippen LogP contribution in [0.2, 0.25) is 0 Å². The third kappa shape index (κ3) is 3.09. The first-order valence-corrected chi connectivity index (χ1v) is 9.01. The van der Waals surface area contributed by atoms with Crippen LogP contribution in [0.25, 0.3) is 10.2 Å². The number of aromatic nitrogens is 2. The summed E-state index contributed by atoms with van der Waals surface area (Å²) >= 11 is 2.74. The molecular formula is C17H16N2O2S2. The van der Waals surface area contributed by atoms with Crippen LogP contribution in [0, 0.1) is 13.8 Å². The fourth-order valence-electron chi connectivity index (χ4n) is 2.24. The molecule has 4 nitrogen and oxygen atoms in total. The fourth-order valence-corrected chi connectivity index (χ4v) is 3.91. The van der Waals surface area contributed by atoms with Gasteiger partial charge in [0.1, 0.15) is 4.83 Å². The second-order valence-electron chi connectivity index (χ2n) is 5.41. The minimum atomic E-state index is -0.0719. The lowest BCUT2D eigenvalue weighted by molar-refractivity contribution is 0.102. The van der Waals surface area contributed by atoms with Crippen molar-refractivity contribution in [3.63, 3.8) is 0 Å². The summed E-state index contributed by atoms with van der Waals surface area (Å²) in [5.74, 6) is 0.304. The summed E-state index contributed by atoms with van der Waals surface area (Å²) in [7, 11) is 1.69. The van der Waals surface area contributed by atoms with Crippen LogP contribution in [0.5, 0.6) is 0 Å². The van der Waals surface area contributed by atoms with Crippen LogP contribution in [0.15, 0.2) is 39.6 Å². The molecule has 0 aliphatic rings. The third-order valence-electron chi connectivity index (χ3n) is 3.83. The van der Waals surface area contributed by atoms with Crippen molar-refractivity contribution in [2.24, 2.45) is 7.05 Å². The zero-order valence-electron chi connectivity index (χ0n) is 13.1. The first-order valence-electron chi connectivity index (χ1n) is 7.15. The van der Waals surface area contributed by atoms with Gasteiger partial charge in [-0.25, -0.2) is 4.98 Å². The number of hydrogen-bond acceptors (Lipinski definition) is 5. The maximum atomic E-state index is 12.4. The highest BCUT2D eigenvalue weighted by atomic mass is 32.2. The van der Waals surface area contributed by atoms with E-state index in [4.69, 9.17) is 0 Å². The molecule has 0 unspecified atom stereocenters. The SMILES string of the molecule is Cc1ccc(C(=O)CSc2nc3sccc3c(=O)n2C)cc1C. The van der Waals surface area contributed by atoms with E-state index in [1.54, 1.807) is 13.1 Å². The number of fused-ring (bicyclic) bond motifs is 1. The molecule has 0 saturated carbocycles. The maximum absolute atomic E-state index is 12.4. The van der Waals surface area contributed by atoms with Gasteiger partial charge in [0.05, 0.1) is 11.1 Å². The lowest BCUT2D eigenvalue weighted by Crippen LogP contribution is -2.19. The van der Waals surface area contributed by atoms with Gasteiger partial charge >= 0.3 is 0 Å². The van der Waals surface area contributed by atoms with Gasteiger partial charge in [-0.2, -0.15) is 0 Å². The second-order valence-corrected chi connectivity index (χ2v) is 7.25. The van der Waals surface area contributed by atoms with Crippen molar-refractivity contribution in [2.45, 2.75) is 19.0 Å². The molecule has 0 fully saturated rings. The molecule has 6 heteroatoms. The Morgan fingerprint density at radius 1 is 1.26 bits per heavy atom. The lowest BCUT2D eigenvalue weighted by Gasteiger charge is -2.07. The fraction of sp³-hybridized carbons (Fsp3) is 0.235. The number of carbonyl (C=O) groups is 1. The predicted molar refractivity (Wildman–Crippen MR) is 95.8 cm³/mol. The monoisotopic (exact) mass is 344 g/mol.